The van der Waals surface area contributed by atoms with Crippen LogP contribution in [-0.2, 0) is 15.8 Å². The van der Waals surface area contributed by atoms with Crippen molar-refractivity contribution in [1.29, 1.82) is 0 Å². The highest BCUT2D eigenvalue weighted by atomic mass is 19.4. The van der Waals surface area contributed by atoms with Crippen LogP contribution in [0.3, 0.4) is 0 Å². The van der Waals surface area contributed by atoms with Gasteiger partial charge in [-0.3, -0.25) is 14.5 Å². The number of hydrogen-bond donors (Lipinski definition) is 1. The Hall–Kier alpha value is -3.31. The zero-order chi connectivity index (χ0) is 22.4. The lowest BCUT2D eigenvalue weighted by atomic mass is 9.97. The molecule has 2 aromatic carbocycles. The van der Waals surface area contributed by atoms with E-state index in [1.54, 1.807) is 30.3 Å². The molecule has 31 heavy (non-hydrogen) atoms. The molecule has 0 aromatic heterocycles. The van der Waals surface area contributed by atoms with Gasteiger partial charge in [-0.2, -0.15) is 13.2 Å². The van der Waals surface area contributed by atoms with Crippen molar-refractivity contribution in [3.05, 3.63) is 59.7 Å². The molecule has 1 aliphatic heterocycles. The first kappa shape index (κ1) is 22.4. The van der Waals surface area contributed by atoms with E-state index in [1.165, 1.54) is 17.0 Å². The van der Waals surface area contributed by atoms with Crippen molar-refractivity contribution in [2.75, 3.05) is 32.7 Å². The van der Waals surface area contributed by atoms with Gasteiger partial charge in [0.1, 0.15) is 0 Å². The van der Waals surface area contributed by atoms with Gasteiger partial charge < -0.3 is 10.0 Å². The molecule has 1 aliphatic rings. The van der Waals surface area contributed by atoms with Crippen LogP contribution in [0.2, 0.25) is 0 Å². The van der Waals surface area contributed by atoms with Crippen molar-refractivity contribution in [1.82, 2.24) is 9.80 Å². The van der Waals surface area contributed by atoms with Gasteiger partial charge in [0.15, 0.2) is 0 Å². The minimum atomic E-state index is -4.56. The van der Waals surface area contributed by atoms with Crippen LogP contribution in [0, 0.1) is 11.8 Å². The fraction of sp³-hybridized carbons (Fsp3) is 0.304. The number of hydrogen-bond acceptors (Lipinski definition) is 3. The van der Waals surface area contributed by atoms with Crippen LogP contribution in [0.15, 0.2) is 48.5 Å². The maximum Gasteiger partial charge on any atom is 0.417 e. The van der Waals surface area contributed by atoms with Gasteiger partial charge in [-0.05, 0) is 23.3 Å². The normalized spacial score (nSPS) is 14.6. The van der Waals surface area contributed by atoms with Crippen LogP contribution in [0.5, 0.6) is 0 Å². The minimum Gasteiger partial charge on any atom is -0.481 e. The molecule has 0 unspecified atom stereocenters. The van der Waals surface area contributed by atoms with E-state index in [2.05, 4.69) is 11.8 Å². The average Bonchev–Trinajstić information content (AvgIpc) is 2.76. The molecule has 5 nitrogen and oxygen atoms in total. The molecule has 162 valence electrons. The number of benzene rings is 2. The first-order valence-electron chi connectivity index (χ1n) is 9.76. The van der Waals surface area contributed by atoms with Crippen molar-refractivity contribution < 1.29 is 27.9 Å². The number of alkyl halides is 3. The molecular formula is C23H21F3N2O3. The van der Waals surface area contributed by atoms with Crippen molar-refractivity contribution in [3.8, 4) is 23.0 Å². The first-order chi connectivity index (χ1) is 14.7. The Bertz CT molecular complexity index is 1000. The van der Waals surface area contributed by atoms with Crippen molar-refractivity contribution in [2.24, 2.45) is 0 Å². The molecule has 1 fully saturated rings. The third-order valence-corrected chi connectivity index (χ3v) is 5.02. The quantitative estimate of drug-likeness (QED) is 0.756. The second kappa shape index (κ2) is 9.67. The summed E-state index contributed by atoms with van der Waals surface area (Å²) < 4.78 is 40.8. The van der Waals surface area contributed by atoms with Gasteiger partial charge in [0, 0.05) is 44.2 Å². The summed E-state index contributed by atoms with van der Waals surface area (Å²) in [5.41, 5.74) is -0.181. The molecule has 1 N–H and O–H groups in total. The fourth-order valence-electron chi connectivity index (χ4n) is 3.36. The number of carboxylic acid groups (broad SMARTS) is 1. The van der Waals surface area contributed by atoms with Gasteiger partial charge in [0.2, 0.25) is 0 Å². The summed E-state index contributed by atoms with van der Waals surface area (Å²) in [4.78, 5) is 26.4. The average molecular weight is 430 g/mol. The van der Waals surface area contributed by atoms with E-state index < -0.39 is 23.6 Å². The lowest BCUT2D eigenvalue weighted by Crippen LogP contribution is -2.48. The van der Waals surface area contributed by atoms with Crippen LogP contribution >= 0.6 is 0 Å². The summed E-state index contributed by atoms with van der Waals surface area (Å²) >= 11 is 0. The maximum absolute atomic E-state index is 13.6. The number of piperazine rings is 1. The third-order valence-electron chi connectivity index (χ3n) is 5.02. The van der Waals surface area contributed by atoms with E-state index in [4.69, 9.17) is 5.11 Å². The molecule has 0 aliphatic carbocycles. The predicted octanol–water partition coefficient (Wildman–Crippen LogP) is 3.34. The second-order valence-corrected chi connectivity index (χ2v) is 7.15. The number of halogens is 3. The van der Waals surface area contributed by atoms with Crippen LogP contribution in [0.4, 0.5) is 13.2 Å². The van der Waals surface area contributed by atoms with Crippen molar-refractivity contribution in [3.63, 3.8) is 0 Å². The third kappa shape index (κ3) is 6.09. The first-order valence-corrected chi connectivity index (χ1v) is 9.76. The van der Waals surface area contributed by atoms with Crippen molar-refractivity contribution >= 4 is 11.9 Å². The van der Waals surface area contributed by atoms with Gasteiger partial charge in [0.05, 0.1) is 12.0 Å². The minimum absolute atomic E-state index is 0.0360. The highest BCUT2D eigenvalue weighted by Crippen LogP contribution is 2.37. The van der Waals surface area contributed by atoms with Gasteiger partial charge in [-0.25, -0.2) is 0 Å². The van der Waals surface area contributed by atoms with Crippen LogP contribution in [0.1, 0.15) is 17.5 Å². The number of nitrogens with zero attached hydrogens (tertiary/aromatic N) is 2. The van der Waals surface area contributed by atoms with Gasteiger partial charge in [-0.1, -0.05) is 42.3 Å². The van der Waals surface area contributed by atoms with E-state index in [9.17, 15) is 22.8 Å². The predicted molar refractivity (Wildman–Crippen MR) is 109 cm³/mol. The molecule has 0 atom stereocenters. The topological polar surface area (TPSA) is 60.9 Å². The Kier molecular flexibility index (Phi) is 6.98. The SMILES string of the molecule is O=C(O)CCN1CCN(C(=O)C#Cc2ccc(-c3ccccc3)c(C(F)(F)F)c2)CC1. The lowest BCUT2D eigenvalue weighted by Gasteiger charge is -2.33. The molecule has 8 heteroatoms. The largest absolute Gasteiger partial charge is 0.481 e. The van der Waals surface area contributed by atoms with E-state index >= 15 is 0 Å². The number of carbonyl (C=O) groups excluding carboxylic acids is 1. The Labute approximate surface area is 178 Å². The summed E-state index contributed by atoms with van der Waals surface area (Å²) in [7, 11) is 0. The molecule has 2 aromatic rings. The smallest absolute Gasteiger partial charge is 0.417 e. The molecule has 1 heterocycles. The molecule has 0 radical (unpaired) electrons. The Morgan fingerprint density at radius 3 is 2.29 bits per heavy atom. The van der Waals surface area contributed by atoms with Crippen molar-refractivity contribution in [2.45, 2.75) is 12.6 Å². The van der Waals surface area contributed by atoms with E-state index in [1.807, 2.05) is 4.90 Å². The number of aliphatic carboxylic acids is 1. The summed E-state index contributed by atoms with van der Waals surface area (Å²) in [5, 5.41) is 8.73. The highest BCUT2D eigenvalue weighted by Gasteiger charge is 2.34. The number of rotatable bonds is 4. The number of carboxylic acids is 1. The highest BCUT2D eigenvalue weighted by molar-refractivity contribution is 5.94. The molecule has 1 saturated heterocycles. The summed E-state index contributed by atoms with van der Waals surface area (Å²) in [6.07, 6.45) is -4.52. The molecule has 1 amide bonds. The maximum atomic E-state index is 13.6. The molecular weight excluding hydrogens is 409 g/mol. The van der Waals surface area contributed by atoms with Gasteiger partial charge in [0.25, 0.3) is 5.91 Å². The summed E-state index contributed by atoms with van der Waals surface area (Å²) in [6.45, 7) is 2.27. The van der Waals surface area contributed by atoms with E-state index in [-0.39, 0.29) is 17.5 Å². The summed E-state index contributed by atoms with van der Waals surface area (Å²) in [6, 6.07) is 12.1. The Balaban J connectivity index is 1.71. The van der Waals surface area contributed by atoms with Gasteiger partial charge >= 0.3 is 12.1 Å². The monoisotopic (exact) mass is 430 g/mol. The fourth-order valence-corrected chi connectivity index (χ4v) is 3.36. The lowest BCUT2D eigenvalue weighted by molar-refractivity contribution is -0.138. The molecule has 3 rings (SSSR count). The van der Waals surface area contributed by atoms with Gasteiger partial charge in [-0.15, -0.1) is 0 Å². The zero-order valence-electron chi connectivity index (χ0n) is 16.7. The number of amides is 1. The number of carbonyl (C=O) groups is 2. The molecule has 0 spiro atoms. The molecule has 0 bridgehead atoms. The Morgan fingerprint density at radius 2 is 1.68 bits per heavy atom. The molecule has 0 saturated carbocycles. The Morgan fingerprint density at radius 1 is 1.00 bits per heavy atom. The standard InChI is InChI=1S/C23H21F3N2O3/c24-23(25,26)20-16-17(6-8-19(20)18-4-2-1-3-5-18)7-9-21(29)28-14-12-27(13-15-28)11-10-22(30)31/h1-6,8,16H,10-15H2,(H,30,31). The van der Waals surface area contributed by atoms with E-state index in [0.29, 0.717) is 38.3 Å². The second-order valence-electron chi connectivity index (χ2n) is 7.15. The van der Waals surface area contributed by atoms with Crippen LogP contribution in [0.25, 0.3) is 11.1 Å². The van der Waals surface area contributed by atoms with Crippen LogP contribution < -0.4 is 0 Å². The van der Waals surface area contributed by atoms with Crippen LogP contribution in [-0.4, -0.2) is 59.5 Å². The van der Waals surface area contributed by atoms with E-state index in [0.717, 1.165) is 6.07 Å². The zero-order valence-corrected chi connectivity index (χ0v) is 16.7. The summed E-state index contributed by atoms with van der Waals surface area (Å²) in [5.74, 6) is 3.65.